The number of halogens is 3. The zero-order valence-corrected chi connectivity index (χ0v) is 20.3. The smallest absolute Gasteiger partial charge is 0.402 e. The fourth-order valence-corrected chi connectivity index (χ4v) is 5.88. The standard InChI is InChI=1S/C24H30F3N3O4S/c1-35(31,32)29-20-13-15-30(23-22(8-5-14-28-23)34-24(25,26)27)21(20)16-33-19-11-9-18(10-12-19)17-6-3-2-4-7-17/h2-8,14,18-21,29H,9-13,15-16H2,1H3/t18-,19+,20-,21-/m0/s1. The monoisotopic (exact) mass is 513 g/mol. The van der Waals surface area contributed by atoms with Crippen molar-refractivity contribution in [3.05, 3.63) is 54.2 Å². The molecule has 11 heteroatoms. The lowest BCUT2D eigenvalue weighted by Gasteiger charge is -2.33. The Balaban J connectivity index is 1.46. The highest BCUT2D eigenvalue weighted by Gasteiger charge is 2.40. The molecular weight excluding hydrogens is 483 g/mol. The van der Waals surface area contributed by atoms with Crippen molar-refractivity contribution in [2.75, 3.05) is 24.3 Å². The van der Waals surface area contributed by atoms with Crippen LogP contribution in [0.5, 0.6) is 5.75 Å². The van der Waals surface area contributed by atoms with E-state index in [0.717, 1.165) is 31.9 Å². The number of pyridine rings is 1. The second kappa shape index (κ2) is 10.7. The van der Waals surface area contributed by atoms with Gasteiger partial charge in [0.2, 0.25) is 10.0 Å². The number of ether oxygens (including phenoxy) is 2. The summed E-state index contributed by atoms with van der Waals surface area (Å²) in [6, 6.07) is 11.9. The molecule has 35 heavy (non-hydrogen) atoms. The van der Waals surface area contributed by atoms with Crippen molar-refractivity contribution in [2.45, 2.75) is 62.6 Å². The van der Waals surface area contributed by atoms with Gasteiger partial charge in [-0.15, -0.1) is 13.2 Å². The number of aromatic nitrogens is 1. The molecule has 0 radical (unpaired) electrons. The molecule has 1 saturated carbocycles. The molecule has 1 aliphatic heterocycles. The van der Waals surface area contributed by atoms with E-state index in [1.807, 2.05) is 18.2 Å². The van der Waals surface area contributed by atoms with E-state index < -0.39 is 34.2 Å². The number of nitrogens with one attached hydrogen (secondary N) is 1. The van der Waals surface area contributed by atoms with Gasteiger partial charge in [-0.1, -0.05) is 30.3 Å². The molecule has 2 aromatic rings. The average Bonchev–Trinajstić information content (AvgIpc) is 3.18. The Bertz CT molecular complexity index is 1080. The quantitative estimate of drug-likeness (QED) is 0.570. The maximum atomic E-state index is 13.0. The van der Waals surface area contributed by atoms with E-state index in [0.29, 0.717) is 18.9 Å². The summed E-state index contributed by atoms with van der Waals surface area (Å²) in [5.74, 6) is 0.0756. The molecule has 0 amide bonds. The van der Waals surface area contributed by atoms with Crippen LogP contribution in [0.1, 0.15) is 43.6 Å². The molecule has 2 aliphatic rings. The minimum absolute atomic E-state index is 0.00549. The SMILES string of the molecule is CS(=O)(=O)N[C@H]1CCN(c2ncccc2OC(F)(F)F)[C@H]1CO[C@H]1CC[C@@H](c2ccccc2)CC1. The summed E-state index contributed by atoms with van der Waals surface area (Å²) in [6.45, 7) is 0.475. The average molecular weight is 514 g/mol. The van der Waals surface area contributed by atoms with E-state index in [1.165, 1.54) is 23.9 Å². The van der Waals surface area contributed by atoms with Gasteiger partial charge in [0.1, 0.15) is 0 Å². The molecule has 1 aliphatic carbocycles. The summed E-state index contributed by atoms with van der Waals surface area (Å²) >= 11 is 0. The number of rotatable bonds is 8. The van der Waals surface area contributed by atoms with Crippen molar-refractivity contribution >= 4 is 15.8 Å². The number of nitrogens with zero attached hydrogens (tertiary/aromatic N) is 2. The maximum Gasteiger partial charge on any atom is 0.573 e. The van der Waals surface area contributed by atoms with Crippen molar-refractivity contribution < 1.29 is 31.1 Å². The van der Waals surface area contributed by atoms with Gasteiger partial charge in [0.05, 0.1) is 25.0 Å². The van der Waals surface area contributed by atoms with Gasteiger partial charge in [0, 0.05) is 18.8 Å². The third-order valence-electron chi connectivity index (χ3n) is 6.61. The van der Waals surface area contributed by atoms with Crippen molar-refractivity contribution in [1.29, 1.82) is 0 Å². The van der Waals surface area contributed by atoms with Crippen LogP contribution in [-0.2, 0) is 14.8 Å². The summed E-state index contributed by atoms with van der Waals surface area (Å²) < 4.78 is 75.8. The molecule has 1 saturated heterocycles. The van der Waals surface area contributed by atoms with E-state index in [1.54, 1.807) is 4.90 Å². The Labute approximate surface area is 203 Å². The van der Waals surface area contributed by atoms with E-state index >= 15 is 0 Å². The van der Waals surface area contributed by atoms with Crippen LogP contribution in [0.2, 0.25) is 0 Å². The van der Waals surface area contributed by atoms with Crippen LogP contribution in [0.4, 0.5) is 19.0 Å². The highest BCUT2D eigenvalue weighted by Crippen LogP contribution is 2.37. The lowest BCUT2D eigenvalue weighted by atomic mass is 9.83. The highest BCUT2D eigenvalue weighted by atomic mass is 32.2. The van der Waals surface area contributed by atoms with Crippen LogP contribution in [0.3, 0.4) is 0 Å². The van der Waals surface area contributed by atoms with Gasteiger partial charge in [-0.3, -0.25) is 0 Å². The first-order valence-corrected chi connectivity index (χ1v) is 13.6. The second-order valence-corrected chi connectivity index (χ2v) is 10.9. The molecule has 1 aromatic heterocycles. The number of hydrogen-bond acceptors (Lipinski definition) is 6. The summed E-state index contributed by atoms with van der Waals surface area (Å²) in [6.07, 6.45) is 1.69. The van der Waals surface area contributed by atoms with Gasteiger partial charge in [-0.05, 0) is 55.7 Å². The minimum Gasteiger partial charge on any atom is -0.402 e. The molecule has 0 unspecified atom stereocenters. The predicted octanol–water partition coefficient (Wildman–Crippen LogP) is 4.22. The Hall–Kier alpha value is -2.37. The molecule has 7 nitrogen and oxygen atoms in total. The number of anilines is 1. The van der Waals surface area contributed by atoms with Crippen molar-refractivity contribution in [2.24, 2.45) is 0 Å². The summed E-state index contributed by atoms with van der Waals surface area (Å²) in [5.41, 5.74) is 1.32. The van der Waals surface area contributed by atoms with Gasteiger partial charge in [0.25, 0.3) is 0 Å². The van der Waals surface area contributed by atoms with Crippen LogP contribution < -0.4 is 14.4 Å². The summed E-state index contributed by atoms with van der Waals surface area (Å²) in [7, 11) is -3.53. The molecule has 1 N–H and O–H groups in total. The number of hydrogen-bond donors (Lipinski definition) is 1. The number of benzene rings is 1. The third-order valence-corrected chi connectivity index (χ3v) is 7.34. The van der Waals surface area contributed by atoms with Crippen molar-refractivity contribution in [1.82, 2.24) is 9.71 Å². The molecule has 0 bridgehead atoms. The van der Waals surface area contributed by atoms with E-state index in [2.05, 4.69) is 26.6 Å². The second-order valence-electron chi connectivity index (χ2n) is 9.14. The Morgan fingerprint density at radius 2 is 1.77 bits per heavy atom. The first kappa shape index (κ1) is 25.7. The fourth-order valence-electron chi connectivity index (χ4n) is 5.06. The molecular formula is C24H30F3N3O4S. The number of alkyl halides is 3. The molecule has 4 rings (SSSR count). The summed E-state index contributed by atoms with van der Waals surface area (Å²) in [5, 5.41) is 0. The van der Waals surface area contributed by atoms with E-state index in [9.17, 15) is 21.6 Å². The predicted molar refractivity (Wildman–Crippen MR) is 126 cm³/mol. The summed E-state index contributed by atoms with van der Waals surface area (Å²) in [4.78, 5) is 5.78. The van der Waals surface area contributed by atoms with Gasteiger partial charge in [-0.2, -0.15) is 0 Å². The van der Waals surface area contributed by atoms with Crippen LogP contribution in [0, 0.1) is 0 Å². The number of sulfonamides is 1. The molecule has 192 valence electrons. The zero-order chi connectivity index (χ0) is 25.1. The van der Waals surface area contributed by atoms with Gasteiger partial charge in [0.15, 0.2) is 11.6 Å². The van der Waals surface area contributed by atoms with Crippen LogP contribution >= 0.6 is 0 Å². The molecule has 2 heterocycles. The Morgan fingerprint density at radius 1 is 1.06 bits per heavy atom. The fraction of sp³-hybridized carbons (Fsp3) is 0.542. The van der Waals surface area contributed by atoms with E-state index in [-0.39, 0.29) is 18.5 Å². The van der Waals surface area contributed by atoms with Gasteiger partial charge < -0.3 is 14.4 Å². The normalized spacial score (nSPS) is 25.5. The highest BCUT2D eigenvalue weighted by molar-refractivity contribution is 7.88. The van der Waals surface area contributed by atoms with Gasteiger partial charge >= 0.3 is 6.36 Å². The largest absolute Gasteiger partial charge is 0.573 e. The van der Waals surface area contributed by atoms with Crippen LogP contribution in [-0.4, -0.2) is 57.4 Å². The van der Waals surface area contributed by atoms with Crippen molar-refractivity contribution in [3.63, 3.8) is 0 Å². The molecule has 1 aromatic carbocycles. The Kier molecular flexibility index (Phi) is 7.87. The van der Waals surface area contributed by atoms with Crippen LogP contribution in [0.15, 0.2) is 48.7 Å². The first-order chi connectivity index (χ1) is 16.6. The zero-order valence-electron chi connectivity index (χ0n) is 19.4. The maximum absolute atomic E-state index is 13.0. The topological polar surface area (TPSA) is 80.8 Å². The van der Waals surface area contributed by atoms with Crippen molar-refractivity contribution in [3.8, 4) is 5.75 Å². The Morgan fingerprint density at radius 3 is 2.43 bits per heavy atom. The van der Waals surface area contributed by atoms with E-state index in [4.69, 9.17) is 4.74 Å². The minimum atomic E-state index is -4.87. The van der Waals surface area contributed by atoms with Crippen LogP contribution in [0.25, 0.3) is 0 Å². The van der Waals surface area contributed by atoms with Gasteiger partial charge in [-0.25, -0.2) is 18.1 Å². The molecule has 2 fully saturated rings. The third kappa shape index (κ3) is 7.08. The first-order valence-electron chi connectivity index (χ1n) is 11.7. The lowest BCUT2D eigenvalue weighted by Crippen LogP contribution is -2.48. The lowest BCUT2D eigenvalue weighted by molar-refractivity contribution is -0.274. The molecule has 2 atom stereocenters. The molecule has 0 spiro atoms.